The Balaban J connectivity index is 2.18. The van der Waals surface area contributed by atoms with Gasteiger partial charge in [0.1, 0.15) is 5.75 Å². The number of nitrogens with one attached hydrogen (secondary N) is 1. The number of carbonyl (C=O) groups excluding carboxylic acids is 2. The lowest BCUT2D eigenvalue weighted by molar-refractivity contribution is -0.127. The molecule has 2 amide bonds. The van der Waals surface area contributed by atoms with Crippen molar-refractivity contribution in [3.05, 3.63) is 17.7 Å². The molecule has 0 aliphatic carbocycles. The van der Waals surface area contributed by atoms with Crippen LogP contribution in [0.1, 0.15) is 18.4 Å². The molecule has 1 unspecified atom stereocenters. The Kier molecular flexibility index (Phi) is 2.81. The summed E-state index contributed by atoms with van der Waals surface area (Å²) in [5.74, 6) is 1.10. The van der Waals surface area contributed by atoms with Gasteiger partial charge >= 0.3 is 0 Å². The smallest absolute Gasteiger partial charge is 0.238 e. The minimum absolute atomic E-state index is 0.150. The largest absolute Gasteiger partial charge is 0.493 e. The third-order valence-electron chi connectivity index (χ3n) is 3.94. The fourth-order valence-corrected chi connectivity index (χ4v) is 2.89. The van der Waals surface area contributed by atoms with Gasteiger partial charge < -0.3 is 14.2 Å². The van der Waals surface area contributed by atoms with Gasteiger partial charge in [-0.15, -0.1) is 0 Å². The van der Waals surface area contributed by atoms with Gasteiger partial charge in [0.25, 0.3) is 0 Å². The maximum atomic E-state index is 12.2. The van der Waals surface area contributed by atoms with Crippen LogP contribution in [-0.4, -0.2) is 32.6 Å². The predicted molar refractivity (Wildman–Crippen MR) is 69.1 cm³/mol. The molecule has 20 heavy (non-hydrogen) atoms. The van der Waals surface area contributed by atoms with Crippen LogP contribution in [0.5, 0.6) is 17.2 Å². The van der Waals surface area contributed by atoms with E-state index in [9.17, 15) is 9.59 Å². The summed E-state index contributed by atoms with van der Waals surface area (Å²) in [5, 5.41) is 2.38. The molecule has 0 radical (unpaired) electrons. The number of amides is 2. The Hall–Kier alpha value is -2.24. The summed E-state index contributed by atoms with van der Waals surface area (Å²) in [6, 6.07) is 3.43. The van der Waals surface area contributed by atoms with Gasteiger partial charge in [-0.3, -0.25) is 14.9 Å². The van der Waals surface area contributed by atoms with E-state index in [1.54, 1.807) is 12.1 Å². The number of carbonyl (C=O) groups is 2. The van der Waals surface area contributed by atoms with Crippen LogP contribution in [0.3, 0.4) is 0 Å². The number of fused-ring (bicyclic) bond motifs is 2. The molecule has 2 aliphatic rings. The Bertz CT molecular complexity index is 597. The minimum atomic E-state index is -0.843. The lowest BCUT2D eigenvalue weighted by atomic mass is 9.74. The number of ether oxygens (including phenoxy) is 3. The van der Waals surface area contributed by atoms with Crippen molar-refractivity contribution in [2.24, 2.45) is 0 Å². The fraction of sp³-hybridized carbons (Fsp3) is 0.429. The van der Waals surface area contributed by atoms with Crippen LogP contribution in [0.4, 0.5) is 0 Å². The van der Waals surface area contributed by atoms with E-state index in [1.165, 1.54) is 14.2 Å². The van der Waals surface area contributed by atoms with E-state index in [0.717, 1.165) is 0 Å². The molecule has 1 spiro atoms. The van der Waals surface area contributed by atoms with Crippen molar-refractivity contribution in [2.45, 2.75) is 18.3 Å². The molecule has 0 saturated carbocycles. The average Bonchev–Trinajstić information content (AvgIpc) is 2.73. The monoisotopic (exact) mass is 277 g/mol. The summed E-state index contributed by atoms with van der Waals surface area (Å²) in [6.45, 7) is 0.392. The number of imide groups is 1. The Morgan fingerprint density at radius 3 is 2.50 bits per heavy atom. The van der Waals surface area contributed by atoms with Crippen molar-refractivity contribution in [1.29, 1.82) is 0 Å². The van der Waals surface area contributed by atoms with Crippen LogP contribution < -0.4 is 19.5 Å². The van der Waals surface area contributed by atoms with Crippen LogP contribution in [0, 0.1) is 0 Å². The molecule has 2 aliphatic heterocycles. The molecular formula is C14H15NO5. The Morgan fingerprint density at radius 1 is 1.20 bits per heavy atom. The summed E-state index contributed by atoms with van der Waals surface area (Å²) in [7, 11) is 3.06. The van der Waals surface area contributed by atoms with E-state index in [4.69, 9.17) is 14.2 Å². The molecule has 1 N–H and O–H groups in total. The number of benzene rings is 1. The fourth-order valence-electron chi connectivity index (χ4n) is 2.89. The average molecular weight is 277 g/mol. The van der Waals surface area contributed by atoms with Gasteiger partial charge in [0.15, 0.2) is 11.5 Å². The summed E-state index contributed by atoms with van der Waals surface area (Å²) in [4.78, 5) is 23.8. The van der Waals surface area contributed by atoms with Crippen LogP contribution >= 0.6 is 0 Å². The first-order valence-electron chi connectivity index (χ1n) is 6.34. The number of hydrogen-bond donors (Lipinski definition) is 1. The second-order valence-corrected chi connectivity index (χ2v) is 4.94. The highest BCUT2D eigenvalue weighted by Gasteiger charge is 2.51. The van der Waals surface area contributed by atoms with Crippen molar-refractivity contribution < 1.29 is 23.8 Å². The van der Waals surface area contributed by atoms with Gasteiger partial charge in [-0.1, -0.05) is 0 Å². The summed E-state index contributed by atoms with van der Waals surface area (Å²) >= 11 is 0. The first-order chi connectivity index (χ1) is 9.60. The Labute approximate surface area is 116 Å². The normalized spacial score (nSPS) is 24.1. The summed E-state index contributed by atoms with van der Waals surface area (Å²) < 4.78 is 16.1. The molecule has 1 fully saturated rings. The van der Waals surface area contributed by atoms with Gasteiger partial charge in [-0.25, -0.2) is 0 Å². The maximum absolute atomic E-state index is 12.2. The molecule has 6 nitrogen and oxygen atoms in total. The van der Waals surface area contributed by atoms with Gasteiger partial charge in [0.05, 0.1) is 26.2 Å². The van der Waals surface area contributed by atoms with Gasteiger partial charge in [0, 0.05) is 24.5 Å². The zero-order valence-corrected chi connectivity index (χ0v) is 11.3. The predicted octanol–water partition coefficient (Wildman–Crippen LogP) is 0.771. The van der Waals surface area contributed by atoms with Crippen LogP contribution in [0.15, 0.2) is 12.1 Å². The number of methoxy groups -OCH3 is 2. The first-order valence-corrected chi connectivity index (χ1v) is 6.34. The quantitative estimate of drug-likeness (QED) is 0.808. The second-order valence-electron chi connectivity index (χ2n) is 4.94. The molecule has 1 saturated heterocycles. The number of hydrogen-bond acceptors (Lipinski definition) is 5. The standard InChI is InChI=1S/C14H15NO5/c1-18-10-5-8-9(6-11(10)19-2)20-4-3-14(8)7-12(16)15-13(14)17/h5-6H,3-4,7H2,1-2H3,(H,15,16,17). The molecule has 3 rings (SSSR count). The molecule has 1 aromatic rings. The van der Waals surface area contributed by atoms with Crippen LogP contribution in [0.25, 0.3) is 0 Å². The van der Waals surface area contributed by atoms with E-state index in [-0.39, 0.29) is 18.2 Å². The second kappa shape index (κ2) is 4.40. The lowest BCUT2D eigenvalue weighted by Gasteiger charge is -2.33. The minimum Gasteiger partial charge on any atom is -0.493 e. The molecule has 106 valence electrons. The number of rotatable bonds is 2. The van der Waals surface area contributed by atoms with Crippen molar-refractivity contribution in [3.63, 3.8) is 0 Å². The van der Waals surface area contributed by atoms with Gasteiger partial charge in [-0.2, -0.15) is 0 Å². The first kappa shape index (κ1) is 12.8. The van der Waals surface area contributed by atoms with E-state index in [1.807, 2.05) is 0 Å². The van der Waals surface area contributed by atoms with Crippen LogP contribution in [-0.2, 0) is 15.0 Å². The highest BCUT2D eigenvalue weighted by atomic mass is 16.5. The van der Waals surface area contributed by atoms with E-state index in [2.05, 4.69) is 5.32 Å². The zero-order chi connectivity index (χ0) is 14.3. The maximum Gasteiger partial charge on any atom is 0.238 e. The third-order valence-corrected chi connectivity index (χ3v) is 3.94. The molecule has 0 bridgehead atoms. The molecule has 1 aromatic carbocycles. The highest BCUT2D eigenvalue weighted by molar-refractivity contribution is 6.09. The van der Waals surface area contributed by atoms with E-state index < -0.39 is 5.41 Å². The van der Waals surface area contributed by atoms with Crippen LogP contribution in [0.2, 0.25) is 0 Å². The summed E-state index contributed by atoms with van der Waals surface area (Å²) in [5.41, 5.74) is -0.158. The van der Waals surface area contributed by atoms with E-state index >= 15 is 0 Å². The van der Waals surface area contributed by atoms with E-state index in [0.29, 0.717) is 35.8 Å². The molecular weight excluding hydrogens is 262 g/mol. The van der Waals surface area contributed by atoms with Crippen molar-refractivity contribution >= 4 is 11.8 Å². The molecule has 2 heterocycles. The lowest BCUT2D eigenvalue weighted by Crippen LogP contribution is -2.40. The van der Waals surface area contributed by atoms with Gasteiger partial charge in [0.2, 0.25) is 11.8 Å². The SMILES string of the molecule is COc1cc2c(cc1OC)C1(CCO2)CC(=O)NC1=O. The molecule has 6 heteroatoms. The Morgan fingerprint density at radius 2 is 1.90 bits per heavy atom. The van der Waals surface area contributed by atoms with Crippen molar-refractivity contribution in [2.75, 3.05) is 20.8 Å². The van der Waals surface area contributed by atoms with Crippen molar-refractivity contribution in [3.8, 4) is 17.2 Å². The molecule has 1 atom stereocenters. The van der Waals surface area contributed by atoms with Crippen molar-refractivity contribution in [1.82, 2.24) is 5.32 Å². The zero-order valence-electron chi connectivity index (χ0n) is 11.3. The topological polar surface area (TPSA) is 73.9 Å². The molecule has 0 aromatic heterocycles. The summed E-state index contributed by atoms with van der Waals surface area (Å²) in [6.07, 6.45) is 0.630. The third kappa shape index (κ3) is 1.64. The van der Waals surface area contributed by atoms with Gasteiger partial charge in [-0.05, 0) is 6.07 Å². The highest BCUT2D eigenvalue weighted by Crippen LogP contribution is 2.47.